The van der Waals surface area contributed by atoms with Gasteiger partial charge in [0.2, 0.25) is 5.89 Å². The molecule has 0 amide bonds. The predicted molar refractivity (Wildman–Crippen MR) is 94.9 cm³/mol. The first-order valence-corrected chi connectivity index (χ1v) is 8.36. The van der Waals surface area contributed by atoms with Crippen LogP contribution in [0.25, 0.3) is 11.4 Å². The van der Waals surface area contributed by atoms with Gasteiger partial charge >= 0.3 is 0 Å². The van der Waals surface area contributed by atoms with Gasteiger partial charge in [0.05, 0.1) is 0 Å². The number of nitrogens with zero attached hydrogens (tertiary/aromatic N) is 5. The third kappa shape index (κ3) is 4.37. The molecule has 3 rings (SSSR count). The van der Waals surface area contributed by atoms with Crippen molar-refractivity contribution in [3.05, 3.63) is 48.0 Å². The third-order valence-electron chi connectivity index (χ3n) is 3.58. The van der Waals surface area contributed by atoms with Crippen LogP contribution in [0, 0.1) is 12.8 Å². The molecule has 0 aliphatic rings. The molecular formula is C18H22N6O. The van der Waals surface area contributed by atoms with Gasteiger partial charge in [-0.2, -0.15) is 4.98 Å². The van der Waals surface area contributed by atoms with E-state index < -0.39 is 0 Å². The number of pyridine rings is 1. The Hall–Kier alpha value is -2.83. The van der Waals surface area contributed by atoms with E-state index in [0.29, 0.717) is 23.5 Å². The topological polar surface area (TPSA) is 89.6 Å². The zero-order valence-electron chi connectivity index (χ0n) is 14.9. The van der Waals surface area contributed by atoms with Crippen molar-refractivity contribution in [3.8, 4) is 11.4 Å². The maximum atomic E-state index is 5.37. The quantitative estimate of drug-likeness (QED) is 0.734. The highest BCUT2D eigenvalue weighted by molar-refractivity contribution is 5.56. The van der Waals surface area contributed by atoms with Crippen LogP contribution in [0.2, 0.25) is 0 Å². The normalized spacial score (nSPS) is 12.4. The van der Waals surface area contributed by atoms with Crippen LogP contribution in [0.15, 0.2) is 35.1 Å². The van der Waals surface area contributed by atoms with Gasteiger partial charge in [-0.1, -0.05) is 19.0 Å². The molecule has 0 aromatic carbocycles. The molecule has 0 saturated carbocycles. The average Bonchev–Trinajstić information content (AvgIpc) is 3.03. The monoisotopic (exact) mass is 338 g/mol. The molecule has 7 heteroatoms. The summed E-state index contributed by atoms with van der Waals surface area (Å²) in [7, 11) is 0. The maximum Gasteiger partial charge on any atom is 0.248 e. The van der Waals surface area contributed by atoms with E-state index in [1.165, 1.54) is 0 Å². The molecule has 0 unspecified atom stereocenters. The van der Waals surface area contributed by atoms with Crippen molar-refractivity contribution in [2.75, 3.05) is 5.32 Å². The summed E-state index contributed by atoms with van der Waals surface area (Å²) in [6, 6.07) is 5.54. The summed E-state index contributed by atoms with van der Waals surface area (Å²) < 4.78 is 5.37. The molecular weight excluding hydrogens is 316 g/mol. The van der Waals surface area contributed by atoms with Crippen LogP contribution < -0.4 is 5.32 Å². The third-order valence-corrected chi connectivity index (χ3v) is 3.58. The highest BCUT2D eigenvalue weighted by Crippen LogP contribution is 2.21. The van der Waals surface area contributed by atoms with Gasteiger partial charge in [-0.05, 0) is 31.9 Å². The lowest BCUT2D eigenvalue weighted by molar-refractivity contribution is 0.360. The van der Waals surface area contributed by atoms with Crippen molar-refractivity contribution in [1.29, 1.82) is 0 Å². The number of anilines is 1. The molecule has 0 aliphatic heterocycles. The Bertz CT molecular complexity index is 831. The Labute approximate surface area is 146 Å². The van der Waals surface area contributed by atoms with Crippen LogP contribution in [0.4, 0.5) is 5.82 Å². The molecule has 0 saturated heterocycles. The molecule has 0 bridgehead atoms. The Morgan fingerprint density at radius 1 is 1.16 bits per heavy atom. The lowest BCUT2D eigenvalue weighted by atomic mass is 10.1. The van der Waals surface area contributed by atoms with Crippen molar-refractivity contribution >= 4 is 5.82 Å². The molecule has 1 atom stereocenters. The number of hydrogen-bond donors (Lipinski definition) is 1. The largest absolute Gasteiger partial charge is 0.358 e. The first kappa shape index (κ1) is 17.0. The lowest BCUT2D eigenvalue weighted by Crippen LogP contribution is -2.10. The van der Waals surface area contributed by atoms with Crippen LogP contribution in [0.5, 0.6) is 0 Å². The second-order valence-electron chi connectivity index (χ2n) is 6.47. The average molecular weight is 338 g/mol. The van der Waals surface area contributed by atoms with Crippen LogP contribution in [0.1, 0.15) is 44.2 Å². The first-order chi connectivity index (χ1) is 12.0. The fraction of sp³-hybridized carbons (Fsp3) is 0.389. The van der Waals surface area contributed by atoms with Crippen molar-refractivity contribution in [2.45, 2.75) is 40.2 Å². The van der Waals surface area contributed by atoms with E-state index in [2.05, 4.69) is 44.3 Å². The fourth-order valence-electron chi connectivity index (χ4n) is 2.44. The van der Waals surface area contributed by atoms with Gasteiger partial charge in [-0.3, -0.25) is 4.98 Å². The maximum absolute atomic E-state index is 5.37. The zero-order valence-corrected chi connectivity index (χ0v) is 14.9. The summed E-state index contributed by atoms with van der Waals surface area (Å²) >= 11 is 0. The van der Waals surface area contributed by atoms with E-state index in [4.69, 9.17) is 4.52 Å². The smallest absolute Gasteiger partial charge is 0.248 e. The van der Waals surface area contributed by atoms with Gasteiger partial charge in [-0.15, -0.1) is 0 Å². The Balaban J connectivity index is 1.78. The van der Waals surface area contributed by atoms with Gasteiger partial charge in [0.25, 0.3) is 0 Å². The van der Waals surface area contributed by atoms with Gasteiger partial charge in [0, 0.05) is 36.1 Å². The Morgan fingerprint density at radius 3 is 2.72 bits per heavy atom. The van der Waals surface area contributed by atoms with Crippen LogP contribution in [-0.4, -0.2) is 25.1 Å². The van der Waals surface area contributed by atoms with Gasteiger partial charge in [-0.25, -0.2) is 9.97 Å². The lowest BCUT2D eigenvalue weighted by Gasteiger charge is -2.12. The number of hydrogen-bond acceptors (Lipinski definition) is 7. The van der Waals surface area contributed by atoms with E-state index in [1.54, 1.807) is 12.4 Å². The van der Waals surface area contributed by atoms with Crippen molar-refractivity contribution in [2.24, 2.45) is 5.92 Å². The summed E-state index contributed by atoms with van der Waals surface area (Å²) in [5, 5.41) is 7.34. The fourth-order valence-corrected chi connectivity index (χ4v) is 2.44. The van der Waals surface area contributed by atoms with Crippen LogP contribution >= 0.6 is 0 Å². The number of rotatable bonds is 6. The summed E-state index contributed by atoms with van der Waals surface area (Å²) in [5.41, 5.74) is 1.74. The Morgan fingerprint density at radius 2 is 2.00 bits per heavy atom. The van der Waals surface area contributed by atoms with E-state index in [-0.39, 0.29) is 6.04 Å². The molecule has 0 spiro atoms. The van der Waals surface area contributed by atoms with E-state index in [9.17, 15) is 0 Å². The van der Waals surface area contributed by atoms with Crippen LogP contribution in [0.3, 0.4) is 0 Å². The standard InChI is InChI=1S/C18H22N6O/c1-11(2)8-16-23-18(25-24-16)13(4)21-15-9-12(3)20-17(22-15)14-6-5-7-19-10-14/h5-7,9-11,13H,8H2,1-4H3,(H,20,21,22)/t13-/m0/s1. The second kappa shape index (κ2) is 7.38. The summed E-state index contributed by atoms with van der Waals surface area (Å²) in [6.07, 6.45) is 4.27. The molecule has 25 heavy (non-hydrogen) atoms. The molecule has 3 heterocycles. The van der Waals surface area contributed by atoms with E-state index >= 15 is 0 Å². The summed E-state index contributed by atoms with van der Waals surface area (Å²) in [6.45, 7) is 8.15. The minimum Gasteiger partial charge on any atom is -0.358 e. The highest BCUT2D eigenvalue weighted by Gasteiger charge is 2.16. The summed E-state index contributed by atoms with van der Waals surface area (Å²) in [5.74, 6) is 3.11. The van der Waals surface area contributed by atoms with Gasteiger partial charge in [0.1, 0.15) is 11.9 Å². The number of nitrogens with one attached hydrogen (secondary N) is 1. The molecule has 3 aromatic heterocycles. The van der Waals surface area contributed by atoms with Crippen molar-refractivity contribution < 1.29 is 4.52 Å². The van der Waals surface area contributed by atoms with Crippen LogP contribution in [-0.2, 0) is 6.42 Å². The van der Waals surface area contributed by atoms with Crippen molar-refractivity contribution in [3.63, 3.8) is 0 Å². The molecule has 7 nitrogen and oxygen atoms in total. The molecule has 130 valence electrons. The molecule has 3 aromatic rings. The first-order valence-electron chi connectivity index (χ1n) is 8.36. The van der Waals surface area contributed by atoms with Gasteiger partial charge in [0.15, 0.2) is 11.6 Å². The highest BCUT2D eigenvalue weighted by atomic mass is 16.5. The SMILES string of the molecule is Cc1cc(N[C@@H](C)c2nc(CC(C)C)no2)nc(-c2cccnc2)n1. The molecule has 1 N–H and O–H groups in total. The number of aromatic nitrogens is 5. The second-order valence-corrected chi connectivity index (χ2v) is 6.47. The summed E-state index contributed by atoms with van der Waals surface area (Å²) in [4.78, 5) is 17.6. The van der Waals surface area contributed by atoms with Gasteiger partial charge < -0.3 is 9.84 Å². The zero-order chi connectivity index (χ0) is 17.8. The van der Waals surface area contributed by atoms with E-state index in [1.807, 2.05) is 32.0 Å². The molecule has 0 radical (unpaired) electrons. The van der Waals surface area contributed by atoms with Crippen molar-refractivity contribution in [1.82, 2.24) is 25.1 Å². The minimum absolute atomic E-state index is 0.149. The minimum atomic E-state index is -0.149. The molecule has 0 fully saturated rings. The van der Waals surface area contributed by atoms with E-state index in [0.717, 1.165) is 23.5 Å². The molecule has 0 aliphatic carbocycles. The predicted octanol–water partition coefficient (Wildman–Crippen LogP) is 3.60. The number of aryl methyl sites for hydroxylation is 1. The Kier molecular flexibility index (Phi) is 5.02.